The predicted molar refractivity (Wildman–Crippen MR) is 110 cm³/mol. The number of benzene rings is 2. The predicted octanol–water partition coefficient (Wildman–Crippen LogP) is 5.05. The molecule has 0 bridgehead atoms. The molecule has 132 valence electrons. The van der Waals surface area contributed by atoms with E-state index < -0.39 is 0 Å². The number of nitrogens with one attached hydrogen (secondary N) is 2. The van der Waals surface area contributed by atoms with Crippen LogP contribution >= 0.6 is 11.6 Å². The van der Waals surface area contributed by atoms with Crippen molar-refractivity contribution in [3.05, 3.63) is 83.9 Å². The Kier molecular flexibility index (Phi) is 6.23. The van der Waals surface area contributed by atoms with Crippen LogP contribution in [0.1, 0.15) is 5.56 Å². The van der Waals surface area contributed by atoms with Gasteiger partial charge in [-0.15, -0.1) is 6.58 Å². The van der Waals surface area contributed by atoms with E-state index in [4.69, 9.17) is 11.6 Å². The lowest BCUT2D eigenvalue weighted by molar-refractivity contribution is 0.984. The molecule has 5 heteroatoms. The minimum Gasteiger partial charge on any atom is -0.366 e. The standard InChI is InChI=1S/C21H21ClN4/c1-2-13-23-20-15-19(17-6-4-3-5-7-17)25-21(26-20)24-14-12-16-8-10-18(22)11-9-16/h2-11,15H,1,12-14H2,(H2,23,24,25,26). The Bertz CT molecular complexity index is 848. The van der Waals surface area contributed by atoms with Crippen molar-refractivity contribution in [1.82, 2.24) is 9.97 Å². The maximum absolute atomic E-state index is 5.93. The molecule has 0 unspecified atom stereocenters. The van der Waals surface area contributed by atoms with Gasteiger partial charge in [-0.3, -0.25) is 0 Å². The van der Waals surface area contributed by atoms with Crippen LogP contribution in [0, 0.1) is 0 Å². The number of anilines is 2. The summed E-state index contributed by atoms with van der Waals surface area (Å²) in [5.74, 6) is 1.37. The molecule has 0 atom stereocenters. The molecule has 4 nitrogen and oxygen atoms in total. The molecule has 1 aromatic heterocycles. The van der Waals surface area contributed by atoms with Gasteiger partial charge in [-0.2, -0.15) is 4.98 Å². The number of rotatable bonds is 8. The van der Waals surface area contributed by atoms with E-state index in [0.717, 1.165) is 35.1 Å². The number of nitrogens with zero attached hydrogens (tertiary/aromatic N) is 2. The van der Waals surface area contributed by atoms with Gasteiger partial charge < -0.3 is 10.6 Å². The van der Waals surface area contributed by atoms with E-state index in [2.05, 4.69) is 27.2 Å². The lowest BCUT2D eigenvalue weighted by atomic mass is 10.1. The smallest absolute Gasteiger partial charge is 0.225 e. The molecule has 3 aromatic rings. The second-order valence-corrected chi connectivity index (χ2v) is 6.24. The Balaban J connectivity index is 1.74. The zero-order valence-electron chi connectivity index (χ0n) is 14.5. The largest absolute Gasteiger partial charge is 0.366 e. The van der Waals surface area contributed by atoms with Gasteiger partial charge in [0.1, 0.15) is 5.82 Å². The summed E-state index contributed by atoms with van der Waals surface area (Å²) in [5, 5.41) is 7.30. The molecule has 0 spiro atoms. The third-order valence-electron chi connectivity index (χ3n) is 3.83. The quantitative estimate of drug-likeness (QED) is 0.549. The van der Waals surface area contributed by atoms with Crippen LogP contribution in [0.4, 0.5) is 11.8 Å². The van der Waals surface area contributed by atoms with E-state index in [1.54, 1.807) is 6.08 Å². The fraction of sp³-hybridized carbons (Fsp3) is 0.143. The third kappa shape index (κ3) is 5.07. The summed E-state index contributed by atoms with van der Waals surface area (Å²) < 4.78 is 0. The maximum Gasteiger partial charge on any atom is 0.225 e. The molecule has 26 heavy (non-hydrogen) atoms. The second kappa shape index (κ2) is 9.02. The van der Waals surface area contributed by atoms with Crippen molar-refractivity contribution in [2.45, 2.75) is 6.42 Å². The van der Waals surface area contributed by atoms with Crippen LogP contribution in [0.15, 0.2) is 73.3 Å². The van der Waals surface area contributed by atoms with Gasteiger partial charge in [-0.25, -0.2) is 4.98 Å². The SMILES string of the molecule is C=CCNc1cc(-c2ccccc2)nc(NCCc2ccc(Cl)cc2)n1. The Morgan fingerprint density at radius 2 is 1.73 bits per heavy atom. The molecule has 0 amide bonds. The Morgan fingerprint density at radius 1 is 0.962 bits per heavy atom. The molecule has 0 fully saturated rings. The molecule has 1 heterocycles. The van der Waals surface area contributed by atoms with Crippen molar-refractivity contribution in [2.24, 2.45) is 0 Å². The van der Waals surface area contributed by atoms with E-state index in [1.165, 1.54) is 5.56 Å². The van der Waals surface area contributed by atoms with Crippen LogP contribution in [-0.2, 0) is 6.42 Å². The van der Waals surface area contributed by atoms with Crippen LogP contribution < -0.4 is 10.6 Å². The lowest BCUT2D eigenvalue weighted by Gasteiger charge is -2.11. The van der Waals surface area contributed by atoms with E-state index in [-0.39, 0.29) is 0 Å². The minimum absolute atomic E-state index is 0.604. The number of hydrogen-bond acceptors (Lipinski definition) is 4. The highest BCUT2D eigenvalue weighted by Crippen LogP contribution is 2.21. The second-order valence-electron chi connectivity index (χ2n) is 5.80. The normalized spacial score (nSPS) is 10.3. The van der Waals surface area contributed by atoms with Gasteiger partial charge in [-0.1, -0.05) is 60.1 Å². The van der Waals surface area contributed by atoms with Gasteiger partial charge in [0.2, 0.25) is 5.95 Å². The average molecular weight is 365 g/mol. The third-order valence-corrected chi connectivity index (χ3v) is 4.09. The number of aromatic nitrogens is 2. The summed E-state index contributed by atoms with van der Waals surface area (Å²) in [4.78, 5) is 9.19. The molecule has 2 aromatic carbocycles. The van der Waals surface area contributed by atoms with Crippen molar-refractivity contribution < 1.29 is 0 Å². The molecule has 3 rings (SSSR count). The van der Waals surface area contributed by atoms with E-state index in [9.17, 15) is 0 Å². The summed E-state index contributed by atoms with van der Waals surface area (Å²) in [6, 6.07) is 19.9. The first kappa shape index (κ1) is 18.0. The van der Waals surface area contributed by atoms with E-state index in [1.807, 2.05) is 60.7 Å². The fourth-order valence-electron chi connectivity index (χ4n) is 2.52. The molecule has 0 aliphatic rings. The first-order valence-corrected chi connectivity index (χ1v) is 8.90. The zero-order chi connectivity index (χ0) is 18.2. The number of hydrogen-bond donors (Lipinski definition) is 2. The lowest BCUT2D eigenvalue weighted by Crippen LogP contribution is -2.10. The van der Waals surface area contributed by atoms with Crippen LogP contribution in [0.5, 0.6) is 0 Å². The topological polar surface area (TPSA) is 49.8 Å². The van der Waals surface area contributed by atoms with Crippen LogP contribution in [0.2, 0.25) is 5.02 Å². The molecule has 0 saturated heterocycles. The van der Waals surface area contributed by atoms with Gasteiger partial charge >= 0.3 is 0 Å². The molecule has 0 aliphatic heterocycles. The Morgan fingerprint density at radius 3 is 2.46 bits per heavy atom. The molecule has 0 radical (unpaired) electrons. The van der Waals surface area contributed by atoms with Crippen molar-refractivity contribution in [1.29, 1.82) is 0 Å². The minimum atomic E-state index is 0.604. The molecular weight excluding hydrogens is 344 g/mol. The summed E-state index contributed by atoms with van der Waals surface area (Å²) in [5.41, 5.74) is 3.14. The maximum atomic E-state index is 5.93. The highest BCUT2D eigenvalue weighted by Gasteiger charge is 2.06. The van der Waals surface area contributed by atoms with Gasteiger partial charge in [-0.05, 0) is 24.1 Å². The molecule has 2 N–H and O–H groups in total. The first-order valence-electron chi connectivity index (χ1n) is 8.52. The van der Waals surface area contributed by atoms with Crippen molar-refractivity contribution >= 4 is 23.4 Å². The highest BCUT2D eigenvalue weighted by atomic mass is 35.5. The van der Waals surface area contributed by atoms with Gasteiger partial charge in [0.25, 0.3) is 0 Å². The average Bonchev–Trinajstić information content (AvgIpc) is 2.68. The summed E-state index contributed by atoms with van der Waals surface area (Å²) in [7, 11) is 0. The summed E-state index contributed by atoms with van der Waals surface area (Å²) in [6.45, 7) is 5.12. The molecule has 0 saturated carbocycles. The monoisotopic (exact) mass is 364 g/mol. The van der Waals surface area contributed by atoms with Crippen LogP contribution in [-0.4, -0.2) is 23.1 Å². The van der Waals surface area contributed by atoms with Crippen LogP contribution in [0.25, 0.3) is 11.3 Å². The number of halogens is 1. The summed E-state index contributed by atoms with van der Waals surface area (Å²) >= 11 is 5.93. The highest BCUT2D eigenvalue weighted by molar-refractivity contribution is 6.30. The Labute approximate surface area is 159 Å². The fourth-order valence-corrected chi connectivity index (χ4v) is 2.65. The van der Waals surface area contributed by atoms with Crippen molar-refractivity contribution in [2.75, 3.05) is 23.7 Å². The van der Waals surface area contributed by atoms with E-state index in [0.29, 0.717) is 12.5 Å². The summed E-state index contributed by atoms with van der Waals surface area (Å²) in [6.07, 6.45) is 2.67. The molecule has 0 aliphatic carbocycles. The van der Waals surface area contributed by atoms with Gasteiger partial charge in [0, 0.05) is 29.7 Å². The molecular formula is C21H21ClN4. The van der Waals surface area contributed by atoms with Crippen molar-refractivity contribution in [3.8, 4) is 11.3 Å². The first-order chi connectivity index (χ1) is 12.7. The van der Waals surface area contributed by atoms with Gasteiger partial charge in [0.15, 0.2) is 0 Å². The van der Waals surface area contributed by atoms with Gasteiger partial charge in [0.05, 0.1) is 5.69 Å². The Hall–Kier alpha value is -2.85. The van der Waals surface area contributed by atoms with E-state index >= 15 is 0 Å². The van der Waals surface area contributed by atoms with Crippen molar-refractivity contribution in [3.63, 3.8) is 0 Å². The van der Waals surface area contributed by atoms with Crippen LogP contribution in [0.3, 0.4) is 0 Å². The zero-order valence-corrected chi connectivity index (χ0v) is 15.2.